The minimum atomic E-state index is -0.0889. The summed E-state index contributed by atoms with van der Waals surface area (Å²) < 4.78 is 10.8. The predicted octanol–water partition coefficient (Wildman–Crippen LogP) is 3.05. The molecule has 1 aliphatic heterocycles. The average molecular weight is 369 g/mol. The molecule has 1 atom stereocenters. The summed E-state index contributed by atoms with van der Waals surface area (Å²) in [5, 5.41) is 0. The summed E-state index contributed by atoms with van der Waals surface area (Å²) in [5.41, 5.74) is 7.59. The fraction of sp³-hybridized carbons (Fsp3) is 0.526. The molecule has 1 aromatic carbocycles. The summed E-state index contributed by atoms with van der Waals surface area (Å²) in [7, 11) is 3.17. The van der Waals surface area contributed by atoms with Crippen molar-refractivity contribution in [2.45, 2.75) is 32.7 Å². The molecule has 2 N–H and O–H groups in total. The Hall–Kier alpha value is -1.72. The first-order valence-electron chi connectivity index (χ1n) is 8.24. The van der Waals surface area contributed by atoms with E-state index < -0.39 is 0 Å². The number of benzene rings is 1. The van der Waals surface area contributed by atoms with E-state index in [1.54, 1.807) is 26.4 Å². The van der Waals surface area contributed by atoms with Gasteiger partial charge in [-0.15, -0.1) is 19.0 Å². The van der Waals surface area contributed by atoms with E-state index in [1.807, 2.05) is 11.0 Å². The van der Waals surface area contributed by atoms with E-state index in [0.717, 1.165) is 12.0 Å². The lowest BCUT2D eigenvalue weighted by molar-refractivity contribution is 0.0532. The second-order valence-electron chi connectivity index (χ2n) is 6.97. The Morgan fingerprint density at radius 2 is 2.08 bits per heavy atom. The number of ether oxygens (including phenoxy) is 2. The van der Waals surface area contributed by atoms with Gasteiger partial charge >= 0.3 is 0 Å². The van der Waals surface area contributed by atoms with E-state index in [-0.39, 0.29) is 29.8 Å². The van der Waals surface area contributed by atoms with E-state index in [9.17, 15) is 4.79 Å². The van der Waals surface area contributed by atoms with Crippen molar-refractivity contribution < 1.29 is 14.3 Å². The molecule has 1 fully saturated rings. The number of methoxy groups -OCH3 is 2. The minimum Gasteiger partial charge on any atom is -0.493 e. The molecule has 0 bridgehead atoms. The molecule has 0 aliphatic carbocycles. The molecular formula is C19H29ClN2O3. The van der Waals surface area contributed by atoms with Crippen LogP contribution in [-0.2, 0) is 6.42 Å². The Bertz CT molecular complexity index is 631. The van der Waals surface area contributed by atoms with Gasteiger partial charge in [-0.25, -0.2) is 0 Å². The van der Waals surface area contributed by atoms with Crippen LogP contribution in [0.2, 0.25) is 0 Å². The van der Waals surface area contributed by atoms with Gasteiger partial charge in [0.05, 0.1) is 14.2 Å². The highest BCUT2D eigenvalue weighted by Crippen LogP contribution is 2.35. The molecular weight excluding hydrogens is 340 g/mol. The zero-order valence-electron chi connectivity index (χ0n) is 15.5. The lowest BCUT2D eigenvalue weighted by atomic mass is 9.79. The van der Waals surface area contributed by atoms with Crippen LogP contribution in [-0.4, -0.2) is 44.2 Å². The van der Waals surface area contributed by atoms with Crippen molar-refractivity contribution >= 4 is 18.3 Å². The Balaban J connectivity index is 0.00000312. The zero-order valence-corrected chi connectivity index (χ0v) is 16.3. The number of nitrogens with two attached hydrogens (primary N) is 1. The van der Waals surface area contributed by atoms with Crippen LogP contribution in [0.3, 0.4) is 0 Å². The molecule has 2 rings (SSSR count). The van der Waals surface area contributed by atoms with E-state index in [2.05, 4.69) is 20.4 Å². The Kier molecular flexibility index (Phi) is 7.32. The van der Waals surface area contributed by atoms with Crippen molar-refractivity contribution in [1.82, 2.24) is 4.90 Å². The molecule has 140 valence electrons. The van der Waals surface area contributed by atoms with Crippen LogP contribution in [0, 0.1) is 5.41 Å². The molecule has 0 saturated carbocycles. The van der Waals surface area contributed by atoms with Gasteiger partial charge in [0.25, 0.3) is 5.91 Å². The number of nitrogens with zero attached hydrogens (tertiary/aromatic N) is 1. The highest BCUT2D eigenvalue weighted by molar-refractivity contribution is 5.95. The van der Waals surface area contributed by atoms with Gasteiger partial charge in [-0.05, 0) is 30.4 Å². The maximum atomic E-state index is 13.0. The Labute approximate surface area is 156 Å². The standard InChI is InChI=1S/C19H28N2O3.ClH/c1-6-7-13-10-14(11-15(23-4)17(13)24-5)18(22)21-9-8-16(20)19(2,3)12-21;/h6,10-11,16H,1,7-9,12,20H2,2-5H3;1H. The number of hydrogen-bond acceptors (Lipinski definition) is 4. The first kappa shape index (κ1) is 21.3. The van der Waals surface area contributed by atoms with Gasteiger partial charge in [0.1, 0.15) is 0 Å². The van der Waals surface area contributed by atoms with Crippen LogP contribution in [0.4, 0.5) is 0 Å². The number of rotatable bonds is 5. The minimum absolute atomic E-state index is 0. The molecule has 0 spiro atoms. The highest BCUT2D eigenvalue weighted by atomic mass is 35.5. The van der Waals surface area contributed by atoms with Crippen molar-refractivity contribution in [1.29, 1.82) is 0 Å². The summed E-state index contributed by atoms with van der Waals surface area (Å²) in [5.74, 6) is 1.21. The SMILES string of the molecule is C=CCc1cc(C(=O)N2CCC(N)C(C)(C)C2)cc(OC)c1OC.Cl. The van der Waals surface area contributed by atoms with Gasteiger partial charge in [-0.1, -0.05) is 19.9 Å². The highest BCUT2D eigenvalue weighted by Gasteiger charge is 2.35. The van der Waals surface area contributed by atoms with Crippen LogP contribution in [0.25, 0.3) is 0 Å². The number of piperidine rings is 1. The number of halogens is 1. The monoisotopic (exact) mass is 368 g/mol. The first-order chi connectivity index (χ1) is 11.3. The van der Waals surface area contributed by atoms with Crippen LogP contribution < -0.4 is 15.2 Å². The topological polar surface area (TPSA) is 64.8 Å². The van der Waals surface area contributed by atoms with Gasteiger partial charge in [0, 0.05) is 30.3 Å². The summed E-state index contributed by atoms with van der Waals surface area (Å²) in [6.45, 7) is 9.31. The molecule has 0 radical (unpaired) electrons. The smallest absolute Gasteiger partial charge is 0.254 e. The van der Waals surface area contributed by atoms with E-state index in [0.29, 0.717) is 36.6 Å². The van der Waals surface area contributed by atoms with Crippen LogP contribution in [0.15, 0.2) is 24.8 Å². The predicted molar refractivity (Wildman–Crippen MR) is 103 cm³/mol. The van der Waals surface area contributed by atoms with Crippen LogP contribution in [0.5, 0.6) is 11.5 Å². The Morgan fingerprint density at radius 3 is 2.60 bits per heavy atom. The van der Waals surface area contributed by atoms with Gasteiger partial charge in [-0.3, -0.25) is 4.79 Å². The molecule has 1 heterocycles. The van der Waals surface area contributed by atoms with Crippen LogP contribution >= 0.6 is 12.4 Å². The molecule has 25 heavy (non-hydrogen) atoms. The van der Waals surface area contributed by atoms with Gasteiger partial charge in [0.15, 0.2) is 11.5 Å². The zero-order chi connectivity index (χ0) is 17.9. The lowest BCUT2D eigenvalue weighted by Crippen LogP contribution is -2.54. The average Bonchev–Trinajstić information content (AvgIpc) is 2.56. The van der Waals surface area contributed by atoms with Crippen LogP contribution in [0.1, 0.15) is 36.2 Å². The number of hydrogen-bond donors (Lipinski definition) is 1. The van der Waals surface area contributed by atoms with Crippen molar-refractivity contribution in [2.24, 2.45) is 11.1 Å². The fourth-order valence-electron chi connectivity index (χ4n) is 3.20. The number of allylic oxidation sites excluding steroid dienone is 1. The Morgan fingerprint density at radius 1 is 1.40 bits per heavy atom. The quantitative estimate of drug-likeness (QED) is 0.811. The van der Waals surface area contributed by atoms with Crippen molar-refractivity contribution in [3.05, 3.63) is 35.9 Å². The molecule has 6 heteroatoms. The maximum absolute atomic E-state index is 13.0. The first-order valence-corrected chi connectivity index (χ1v) is 8.24. The normalized spacial score (nSPS) is 18.9. The number of carbonyl (C=O) groups excluding carboxylic acids is 1. The number of carbonyl (C=O) groups is 1. The third kappa shape index (κ3) is 4.47. The number of likely N-dealkylation sites (tertiary alicyclic amines) is 1. The fourth-order valence-corrected chi connectivity index (χ4v) is 3.20. The second-order valence-corrected chi connectivity index (χ2v) is 6.97. The van der Waals surface area contributed by atoms with Crippen molar-refractivity contribution in [3.63, 3.8) is 0 Å². The van der Waals surface area contributed by atoms with Gasteiger partial charge in [-0.2, -0.15) is 0 Å². The van der Waals surface area contributed by atoms with E-state index >= 15 is 0 Å². The number of amides is 1. The summed E-state index contributed by atoms with van der Waals surface area (Å²) >= 11 is 0. The molecule has 1 unspecified atom stereocenters. The third-order valence-corrected chi connectivity index (χ3v) is 4.77. The molecule has 0 aromatic heterocycles. The summed E-state index contributed by atoms with van der Waals surface area (Å²) in [4.78, 5) is 14.9. The molecule has 1 aromatic rings. The maximum Gasteiger partial charge on any atom is 0.254 e. The lowest BCUT2D eigenvalue weighted by Gasteiger charge is -2.42. The molecule has 1 amide bonds. The van der Waals surface area contributed by atoms with Gasteiger partial charge in [0.2, 0.25) is 0 Å². The largest absolute Gasteiger partial charge is 0.493 e. The summed E-state index contributed by atoms with van der Waals surface area (Å²) in [6.07, 6.45) is 3.21. The van der Waals surface area contributed by atoms with Gasteiger partial charge < -0.3 is 20.1 Å². The molecule has 1 aliphatic rings. The summed E-state index contributed by atoms with van der Waals surface area (Å²) in [6, 6.07) is 3.73. The van der Waals surface area contributed by atoms with E-state index in [4.69, 9.17) is 15.2 Å². The molecule has 1 saturated heterocycles. The van der Waals surface area contributed by atoms with E-state index in [1.165, 1.54) is 0 Å². The molecule has 5 nitrogen and oxygen atoms in total. The van der Waals surface area contributed by atoms with Crippen molar-refractivity contribution in [2.75, 3.05) is 27.3 Å². The second kappa shape index (κ2) is 8.59. The van der Waals surface area contributed by atoms with Crippen molar-refractivity contribution in [3.8, 4) is 11.5 Å². The third-order valence-electron chi connectivity index (χ3n) is 4.77.